The molecule has 0 unspecified atom stereocenters. The molecule has 0 aliphatic carbocycles. The minimum atomic E-state index is -0.972. The van der Waals surface area contributed by atoms with Crippen LogP contribution in [0.1, 0.15) is 55.6 Å². The first-order valence-corrected chi connectivity index (χ1v) is 11.1. The highest BCUT2D eigenvalue weighted by atomic mass is 19.2. The largest absolute Gasteiger partial charge is 0.348 e. The van der Waals surface area contributed by atoms with Crippen molar-refractivity contribution in [3.8, 4) is 11.8 Å². The van der Waals surface area contributed by atoms with E-state index in [1.165, 1.54) is 18.2 Å². The summed E-state index contributed by atoms with van der Waals surface area (Å²) in [5.41, 5.74) is 0.313. The molecule has 0 amide bonds. The number of hydrogen-bond donors (Lipinski definition) is 0. The van der Waals surface area contributed by atoms with Crippen LogP contribution in [0.3, 0.4) is 0 Å². The highest BCUT2D eigenvalue weighted by molar-refractivity contribution is 5.84. The summed E-state index contributed by atoms with van der Waals surface area (Å²) >= 11 is 0. The molecular weight excluding hydrogens is 432 g/mol. The first-order chi connectivity index (χ1) is 15.9. The summed E-state index contributed by atoms with van der Waals surface area (Å²) in [7, 11) is 0. The van der Waals surface area contributed by atoms with Gasteiger partial charge in [0.2, 0.25) is 0 Å². The molecule has 0 radical (unpaired) electrons. The maximum absolute atomic E-state index is 14.7. The third kappa shape index (κ3) is 5.55. The fourth-order valence-electron chi connectivity index (χ4n) is 3.89. The van der Waals surface area contributed by atoms with Gasteiger partial charge in [0.05, 0.1) is 18.8 Å². The van der Waals surface area contributed by atoms with Crippen molar-refractivity contribution in [3.05, 3.63) is 82.4 Å². The predicted molar refractivity (Wildman–Crippen MR) is 118 cm³/mol. The molecule has 0 aromatic heterocycles. The Hall–Kier alpha value is -2.88. The fourth-order valence-corrected chi connectivity index (χ4v) is 3.89. The zero-order valence-electron chi connectivity index (χ0n) is 18.3. The summed E-state index contributed by atoms with van der Waals surface area (Å²) < 4.78 is 67.5. The molecule has 1 aliphatic heterocycles. The second-order valence-corrected chi connectivity index (χ2v) is 8.30. The van der Waals surface area contributed by atoms with Crippen LogP contribution in [0.4, 0.5) is 17.6 Å². The summed E-state index contributed by atoms with van der Waals surface area (Å²) in [6, 6.07) is 9.19. The maximum Gasteiger partial charge on any atom is 0.184 e. The second-order valence-electron chi connectivity index (χ2n) is 8.30. The van der Waals surface area contributed by atoms with E-state index in [-0.39, 0.29) is 11.1 Å². The molecular formula is C27H24F4O2. The molecule has 0 saturated carbocycles. The molecule has 0 spiro atoms. The molecule has 0 bridgehead atoms. The zero-order valence-corrected chi connectivity index (χ0v) is 18.3. The molecule has 4 rings (SSSR count). The number of fused-ring (bicyclic) bond motifs is 1. The molecule has 2 nitrogen and oxygen atoms in total. The minimum Gasteiger partial charge on any atom is -0.348 e. The average molecular weight is 456 g/mol. The summed E-state index contributed by atoms with van der Waals surface area (Å²) in [6.07, 6.45) is 3.61. The number of hydrogen-bond acceptors (Lipinski definition) is 2. The number of benzene rings is 3. The minimum absolute atomic E-state index is 0.269. The predicted octanol–water partition coefficient (Wildman–Crippen LogP) is 7.04. The normalized spacial score (nSPS) is 18.2. The van der Waals surface area contributed by atoms with E-state index in [2.05, 4.69) is 18.8 Å². The Morgan fingerprint density at radius 3 is 2.12 bits per heavy atom. The van der Waals surface area contributed by atoms with Crippen LogP contribution in [-0.4, -0.2) is 13.2 Å². The lowest BCUT2D eigenvalue weighted by molar-refractivity contribution is -0.206. The highest BCUT2D eigenvalue weighted by Gasteiger charge is 2.25. The maximum atomic E-state index is 14.7. The molecule has 1 saturated heterocycles. The van der Waals surface area contributed by atoms with Crippen molar-refractivity contribution in [1.82, 2.24) is 0 Å². The topological polar surface area (TPSA) is 18.5 Å². The first-order valence-electron chi connectivity index (χ1n) is 11.1. The van der Waals surface area contributed by atoms with Crippen LogP contribution >= 0.6 is 0 Å². The molecule has 172 valence electrons. The van der Waals surface area contributed by atoms with E-state index in [1.807, 2.05) is 0 Å². The molecule has 1 fully saturated rings. The van der Waals surface area contributed by atoms with Crippen LogP contribution in [0.5, 0.6) is 0 Å². The molecule has 3 aromatic rings. The van der Waals surface area contributed by atoms with Gasteiger partial charge in [-0.3, -0.25) is 0 Å². The molecule has 1 heterocycles. The van der Waals surface area contributed by atoms with Gasteiger partial charge in [0.25, 0.3) is 0 Å². The Balaban J connectivity index is 1.48. The summed E-state index contributed by atoms with van der Waals surface area (Å²) in [5.74, 6) is 1.94. The van der Waals surface area contributed by atoms with Crippen LogP contribution in [0.15, 0.2) is 42.5 Å². The van der Waals surface area contributed by atoms with Gasteiger partial charge in [0.15, 0.2) is 17.9 Å². The van der Waals surface area contributed by atoms with Crippen molar-refractivity contribution >= 4 is 10.8 Å². The second kappa shape index (κ2) is 10.4. The molecule has 6 heteroatoms. The van der Waals surface area contributed by atoms with Gasteiger partial charge < -0.3 is 9.47 Å². The Kier molecular flexibility index (Phi) is 7.32. The Morgan fingerprint density at radius 2 is 1.45 bits per heavy atom. The Bertz CT molecular complexity index is 1180. The molecule has 3 aromatic carbocycles. The van der Waals surface area contributed by atoms with E-state index in [4.69, 9.17) is 9.47 Å². The van der Waals surface area contributed by atoms with E-state index in [0.717, 1.165) is 37.8 Å². The van der Waals surface area contributed by atoms with E-state index in [9.17, 15) is 17.6 Å². The standard InChI is InChI=1S/C27H24F4O2/c1-2-3-4-5-18-15-32-27(33-16-18)21-13-23(28)22(24(29)14-21)9-7-17-6-8-19-11-25(30)26(31)12-20(19)10-17/h6,8,10-14,18,27H,2-5,15-16H2,1H3. The lowest BCUT2D eigenvalue weighted by Gasteiger charge is -2.29. The van der Waals surface area contributed by atoms with Crippen LogP contribution < -0.4 is 0 Å². The van der Waals surface area contributed by atoms with Crippen molar-refractivity contribution in [1.29, 1.82) is 0 Å². The van der Waals surface area contributed by atoms with E-state index in [0.29, 0.717) is 35.5 Å². The van der Waals surface area contributed by atoms with Crippen molar-refractivity contribution < 1.29 is 27.0 Å². The van der Waals surface area contributed by atoms with E-state index >= 15 is 0 Å². The summed E-state index contributed by atoms with van der Waals surface area (Å²) in [4.78, 5) is 0. The van der Waals surface area contributed by atoms with Crippen LogP contribution in [0.25, 0.3) is 10.8 Å². The third-order valence-electron chi connectivity index (χ3n) is 5.73. The van der Waals surface area contributed by atoms with Gasteiger partial charge in [0, 0.05) is 17.0 Å². The number of unbranched alkanes of at least 4 members (excludes halogenated alkanes) is 2. The molecule has 0 atom stereocenters. The lowest BCUT2D eigenvalue weighted by atomic mass is 10.0. The smallest absolute Gasteiger partial charge is 0.184 e. The van der Waals surface area contributed by atoms with Crippen molar-refractivity contribution in [2.75, 3.05) is 13.2 Å². The van der Waals surface area contributed by atoms with E-state index < -0.39 is 29.6 Å². The van der Waals surface area contributed by atoms with Crippen LogP contribution in [0, 0.1) is 41.0 Å². The van der Waals surface area contributed by atoms with Gasteiger partial charge in [-0.15, -0.1) is 0 Å². The van der Waals surface area contributed by atoms with Gasteiger partial charge >= 0.3 is 0 Å². The SMILES string of the molecule is CCCCCC1COC(c2cc(F)c(C#Cc3ccc4cc(F)c(F)cc4c3)c(F)c2)OC1. The quantitative estimate of drug-likeness (QED) is 0.233. The lowest BCUT2D eigenvalue weighted by Crippen LogP contribution is -2.27. The Labute approximate surface area is 190 Å². The highest BCUT2D eigenvalue weighted by Crippen LogP contribution is 2.29. The van der Waals surface area contributed by atoms with Gasteiger partial charge in [-0.2, -0.15) is 0 Å². The summed E-state index contributed by atoms with van der Waals surface area (Å²) in [6.45, 7) is 3.13. The van der Waals surface area contributed by atoms with Gasteiger partial charge in [-0.05, 0) is 53.6 Å². The number of halogens is 4. The van der Waals surface area contributed by atoms with Crippen LogP contribution in [-0.2, 0) is 9.47 Å². The van der Waals surface area contributed by atoms with Crippen molar-refractivity contribution in [3.63, 3.8) is 0 Å². The van der Waals surface area contributed by atoms with Gasteiger partial charge in [-0.1, -0.05) is 44.1 Å². The summed E-state index contributed by atoms with van der Waals surface area (Å²) in [5, 5.41) is 0.942. The zero-order chi connectivity index (χ0) is 23.4. The molecule has 1 aliphatic rings. The number of ether oxygens (including phenoxy) is 2. The number of rotatable bonds is 5. The van der Waals surface area contributed by atoms with Crippen molar-refractivity contribution in [2.45, 2.75) is 38.9 Å². The van der Waals surface area contributed by atoms with Crippen LogP contribution in [0.2, 0.25) is 0 Å². The monoisotopic (exact) mass is 456 g/mol. The first kappa shape index (κ1) is 23.3. The van der Waals surface area contributed by atoms with Crippen molar-refractivity contribution in [2.24, 2.45) is 5.92 Å². The van der Waals surface area contributed by atoms with Gasteiger partial charge in [0.1, 0.15) is 11.6 Å². The van der Waals surface area contributed by atoms with E-state index in [1.54, 1.807) is 12.1 Å². The average Bonchev–Trinajstić information content (AvgIpc) is 2.80. The third-order valence-corrected chi connectivity index (χ3v) is 5.73. The fraction of sp³-hybridized carbons (Fsp3) is 0.333. The molecule has 33 heavy (non-hydrogen) atoms. The molecule has 0 N–H and O–H groups in total. The Morgan fingerprint density at radius 1 is 0.788 bits per heavy atom. The van der Waals surface area contributed by atoms with Gasteiger partial charge in [-0.25, -0.2) is 17.6 Å².